The van der Waals surface area contributed by atoms with Gasteiger partial charge in [0, 0.05) is 15.7 Å². The fraction of sp³-hybridized carbons (Fsp3) is 0.263. The van der Waals surface area contributed by atoms with Gasteiger partial charge in [0.15, 0.2) is 6.61 Å². The second-order valence-electron chi connectivity index (χ2n) is 5.66. The average Bonchev–Trinajstić information content (AvgIpc) is 2.57. The van der Waals surface area contributed by atoms with E-state index in [1.165, 1.54) is 0 Å². The van der Waals surface area contributed by atoms with Crippen molar-refractivity contribution in [2.45, 2.75) is 20.3 Å². The number of amides is 1. The molecule has 0 aliphatic heterocycles. The highest BCUT2D eigenvalue weighted by molar-refractivity contribution is 9.10. The molecule has 132 valence electrons. The normalized spacial score (nSPS) is 10.2. The molecule has 5 nitrogen and oxygen atoms in total. The Labute approximate surface area is 155 Å². The molecule has 0 saturated carbocycles. The average molecular weight is 406 g/mol. The summed E-state index contributed by atoms with van der Waals surface area (Å²) in [5.41, 5.74) is 3.46. The molecule has 0 heterocycles. The lowest BCUT2D eigenvalue weighted by Gasteiger charge is -2.10. The molecule has 1 amide bonds. The monoisotopic (exact) mass is 405 g/mol. The maximum absolute atomic E-state index is 12.0. The maximum atomic E-state index is 12.0. The van der Waals surface area contributed by atoms with E-state index in [0.29, 0.717) is 11.4 Å². The Bertz CT molecular complexity index is 789. The number of hydrogen-bond donors (Lipinski definition) is 1. The van der Waals surface area contributed by atoms with Crippen molar-refractivity contribution in [1.29, 1.82) is 0 Å². The first-order valence-electron chi connectivity index (χ1n) is 7.74. The lowest BCUT2D eigenvalue weighted by atomic mass is 10.1. The first-order valence-corrected chi connectivity index (χ1v) is 8.53. The minimum Gasteiger partial charge on any atom is -0.496 e. The molecule has 6 heteroatoms. The van der Waals surface area contributed by atoms with Crippen LogP contribution in [0.1, 0.15) is 16.7 Å². The summed E-state index contributed by atoms with van der Waals surface area (Å²) in [6, 6.07) is 11.0. The Morgan fingerprint density at radius 2 is 1.88 bits per heavy atom. The van der Waals surface area contributed by atoms with E-state index in [-0.39, 0.29) is 18.9 Å². The Hall–Kier alpha value is -2.34. The van der Waals surface area contributed by atoms with Crippen molar-refractivity contribution in [3.8, 4) is 5.75 Å². The van der Waals surface area contributed by atoms with Crippen LogP contribution in [0.4, 0.5) is 5.69 Å². The standard InChI is InChI=1S/C19H20BrNO4/c1-12-4-7-17(24-3)14(8-12)9-19(23)25-11-18(22)21-15-6-5-13(2)16(20)10-15/h4-8,10H,9,11H2,1-3H3,(H,21,22). The zero-order valence-corrected chi connectivity index (χ0v) is 16.0. The molecule has 0 fully saturated rings. The highest BCUT2D eigenvalue weighted by Crippen LogP contribution is 2.21. The second-order valence-corrected chi connectivity index (χ2v) is 6.52. The molecule has 0 spiro atoms. The molecule has 1 N–H and O–H groups in total. The number of benzene rings is 2. The summed E-state index contributed by atoms with van der Waals surface area (Å²) < 4.78 is 11.2. The van der Waals surface area contributed by atoms with Crippen molar-refractivity contribution in [3.63, 3.8) is 0 Å². The van der Waals surface area contributed by atoms with Crippen LogP contribution in [-0.2, 0) is 20.7 Å². The van der Waals surface area contributed by atoms with Crippen LogP contribution in [-0.4, -0.2) is 25.6 Å². The topological polar surface area (TPSA) is 64.6 Å². The molecular weight excluding hydrogens is 386 g/mol. The SMILES string of the molecule is COc1ccc(C)cc1CC(=O)OCC(=O)Nc1ccc(C)c(Br)c1. The largest absolute Gasteiger partial charge is 0.496 e. The van der Waals surface area contributed by atoms with E-state index < -0.39 is 5.97 Å². The number of carbonyl (C=O) groups excluding carboxylic acids is 2. The van der Waals surface area contributed by atoms with Gasteiger partial charge in [0.25, 0.3) is 5.91 Å². The van der Waals surface area contributed by atoms with Crippen LogP contribution >= 0.6 is 15.9 Å². The smallest absolute Gasteiger partial charge is 0.310 e. The summed E-state index contributed by atoms with van der Waals surface area (Å²) in [6.45, 7) is 3.55. The van der Waals surface area contributed by atoms with E-state index in [0.717, 1.165) is 21.2 Å². The maximum Gasteiger partial charge on any atom is 0.310 e. The number of halogens is 1. The molecule has 0 aromatic heterocycles. The number of methoxy groups -OCH3 is 1. The molecule has 0 aliphatic carbocycles. The second kappa shape index (κ2) is 8.67. The van der Waals surface area contributed by atoms with Gasteiger partial charge in [-0.25, -0.2) is 0 Å². The molecule has 0 unspecified atom stereocenters. The molecule has 2 rings (SSSR count). The Kier molecular flexibility index (Phi) is 6.58. The number of carbonyl (C=O) groups is 2. The van der Waals surface area contributed by atoms with Crippen LogP contribution in [0.2, 0.25) is 0 Å². The lowest BCUT2D eigenvalue weighted by Crippen LogP contribution is -2.21. The molecule has 0 radical (unpaired) electrons. The Morgan fingerprint density at radius 1 is 1.12 bits per heavy atom. The zero-order valence-electron chi connectivity index (χ0n) is 14.4. The molecule has 2 aromatic carbocycles. The fourth-order valence-corrected chi connectivity index (χ4v) is 2.64. The van der Waals surface area contributed by atoms with Crippen molar-refractivity contribution < 1.29 is 19.1 Å². The number of rotatable bonds is 6. The van der Waals surface area contributed by atoms with Crippen LogP contribution in [0.15, 0.2) is 40.9 Å². The summed E-state index contributed by atoms with van der Waals surface area (Å²) in [7, 11) is 1.55. The van der Waals surface area contributed by atoms with Gasteiger partial charge in [-0.3, -0.25) is 9.59 Å². The van der Waals surface area contributed by atoms with Crippen molar-refractivity contribution >= 4 is 33.5 Å². The number of nitrogens with one attached hydrogen (secondary N) is 1. The summed E-state index contributed by atoms with van der Waals surface area (Å²) in [5, 5.41) is 2.69. The van der Waals surface area contributed by atoms with Gasteiger partial charge in [0.1, 0.15) is 5.75 Å². The molecular formula is C19H20BrNO4. The number of anilines is 1. The van der Waals surface area contributed by atoms with Crippen LogP contribution in [0, 0.1) is 13.8 Å². The van der Waals surface area contributed by atoms with Gasteiger partial charge in [-0.05, 0) is 37.6 Å². The third-order valence-electron chi connectivity index (χ3n) is 3.59. The van der Waals surface area contributed by atoms with Crippen molar-refractivity contribution in [2.24, 2.45) is 0 Å². The van der Waals surface area contributed by atoms with Crippen LogP contribution in [0.5, 0.6) is 5.75 Å². The van der Waals surface area contributed by atoms with E-state index in [1.807, 2.05) is 32.0 Å². The summed E-state index contributed by atoms with van der Waals surface area (Å²) >= 11 is 3.41. The van der Waals surface area contributed by atoms with Gasteiger partial charge in [-0.2, -0.15) is 0 Å². The minimum absolute atomic E-state index is 0.0498. The number of ether oxygens (including phenoxy) is 2. The third-order valence-corrected chi connectivity index (χ3v) is 4.44. The van der Waals surface area contributed by atoms with Gasteiger partial charge >= 0.3 is 5.97 Å². The number of aryl methyl sites for hydroxylation is 2. The van der Waals surface area contributed by atoms with Crippen LogP contribution in [0.3, 0.4) is 0 Å². The molecule has 0 atom stereocenters. The molecule has 0 bridgehead atoms. The van der Waals surface area contributed by atoms with Crippen LogP contribution in [0.25, 0.3) is 0 Å². The van der Waals surface area contributed by atoms with E-state index in [4.69, 9.17) is 9.47 Å². The zero-order chi connectivity index (χ0) is 18.4. The van der Waals surface area contributed by atoms with E-state index in [1.54, 1.807) is 25.3 Å². The summed E-state index contributed by atoms with van der Waals surface area (Å²) in [6.07, 6.45) is 0.0498. The van der Waals surface area contributed by atoms with Crippen LogP contribution < -0.4 is 10.1 Å². The first-order chi connectivity index (χ1) is 11.9. The Balaban J connectivity index is 1.88. The highest BCUT2D eigenvalue weighted by Gasteiger charge is 2.12. The van der Waals surface area contributed by atoms with Gasteiger partial charge in [-0.15, -0.1) is 0 Å². The van der Waals surface area contributed by atoms with Gasteiger partial charge in [0.2, 0.25) is 0 Å². The molecule has 0 saturated heterocycles. The first kappa shape index (κ1) is 19.0. The van der Waals surface area contributed by atoms with E-state index in [2.05, 4.69) is 21.2 Å². The minimum atomic E-state index is -0.482. The fourth-order valence-electron chi connectivity index (χ4n) is 2.27. The third kappa shape index (κ3) is 5.60. The van der Waals surface area contributed by atoms with E-state index >= 15 is 0 Å². The van der Waals surface area contributed by atoms with Crippen molar-refractivity contribution in [1.82, 2.24) is 0 Å². The van der Waals surface area contributed by atoms with E-state index in [9.17, 15) is 9.59 Å². The molecule has 25 heavy (non-hydrogen) atoms. The molecule has 0 aliphatic rings. The van der Waals surface area contributed by atoms with Gasteiger partial charge in [-0.1, -0.05) is 39.7 Å². The quantitative estimate of drug-likeness (QED) is 0.742. The van der Waals surface area contributed by atoms with Gasteiger partial charge in [0.05, 0.1) is 13.5 Å². The predicted octanol–water partition coefficient (Wildman–Crippen LogP) is 3.80. The number of hydrogen-bond acceptors (Lipinski definition) is 4. The molecule has 2 aromatic rings. The number of esters is 1. The lowest BCUT2D eigenvalue weighted by molar-refractivity contribution is -0.146. The summed E-state index contributed by atoms with van der Waals surface area (Å²) in [4.78, 5) is 23.9. The van der Waals surface area contributed by atoms with Gasteiger partial charge < -0.3 is 14.8 Å². The van der Waals surface area contributed by atoms with Crippen molar-refractivity contribution in [3.05, 3.63) is 57.6 Å². The predicted molar refractivity (Wildman–Crippen MR) is 99.9 cm³/mol. The highest BCUT2D eigenvalue weighted by atomic mass is 79.9. The summed E-state index contributed by atoms with van der Waals surface area (Å²) in [5.74, 6) is -0.249. The van der Waals surface area contributed by atoms with Crippen molar-refractivity contribution in [2.75, 3.05) is 19.0 Å². The Morgan fingerprint density at radius 3 is 2.56 bits per heavy atom.